The van der Waals surface area contributed by atoms with Crippen molar-refractivity contribution in [2.45, 2.75) is 33.1 Å². The third-order valence-electron chi connectivity index (χ3n) is 2.42. The lowest BCUT2D eigenvalue weighted by Crippen LogP contribution is -2.03. The molecular weight excluding hydrogens is 120 g/mol. The summed E-state index contributed by atoms with van der Waals surface area (Å²) in [7, 11) is 0. The molecule has 0 fully saturated rings. The van der Waals surface area contributed by atoms with E-state index in [1.165, 1.54) is 6.42 Å². The van der Waals surface area contributed by atoms with Crippen LogP contribution in [0.4, 0.5) is 0 Å². The highest BCUT2D eigenvalue weighted by atomic mass is 14.4. The van der Waals surface area contributed by atoms with Crippen molar-refractivity contribution >= 4 is 0 Å². The van der Waals surface area contributed by atoms with Crippen LogP contribution in [0, 0.1) is 18.8 Å². The van der Waals surface area contributed by atoms with E-state index < -0.39 is 0 Å². The van der Waals surface area contributed by atoms with Crippen LogP contribution in [0.2, 0.25) is 0 Å². The van der Waals surface area contributed by atoms with Crippen molar-refractivity contribution in [1.82, 2.24) is 0 Å². The average molecular weight is 136 g/mol. The molecule has 0 aliphatic heterocycles. The van der Waals surface area contributed by atoms with Gasteiger partial charge < -0.3 is 0 Å². The monoisotopic (exact) mass is 136 g/mol. The summed E-state index contributed by atoms with van der Waals surface area (Å²) < 4.78 is 0. The fourth-order valence-corrected chi connectivity index (χ4v) is 1.46. The molecule has 0 saturated heterocycles. The molecule has 0 aromatic heterocycles. The van der Waals surface area contributed by atoms with E-state index in [4.69, 9.17) is 0 Å². The summed E-state index contributed by atoms with van der Waals surface area (Å²) >= 11 is 0. The van der Waals surface area contributed by atoms with Crippen molar-refractivity contribution in [3.8, 4) is 0 Å². The summed E-state index contributed by atoms with van der Waals surface area (Å²) in [5.41, 5.74) is 1.97. The van der Waals surface area contributed by atoms with E-state index >= 15 is 0 Å². The van der Waals surface area contributed by atoms with Gasteiger partial charge in [0, 0.05) is 5.41 Å². The van der Waals surface area contributed by atoms with Gasteiger partial charge in [-0.05, 0) is 26.2 Å². The smallest absolute Gasteiger partial charge is 0.0120 e. The van der Waals surface area contributed by atoms with Gasteiger partial charge >= 0.3 is 0 Å². The lowest BCUT2D eigenvalue weighted by molar-refractivity contribution is 0.585. The largest absolute Gasteiger partial charge is 0.0742 e. The SMILES string of the molecule is [CH2]CC[CH]C1(CC)C=C1C. The van der Waals surface area contributed by atoms with Gasteiger partial charge in [-0.1, -0.05) is 31.9 Å². The molecular formula is C10H16. The Morgan fingerprint density at radius 1 is 1.70 bits per heavy atom. The Hall–Kier alpha value is -0.260. The lowest BCUT2D eigenvalue weighted by Gasteiger charge is -2.13. The second-order valence-electron chi connectivity index (χ2n) is 3.07. The van der Waals surface area contributed by atoms with E-state index in [0.29, 0.717) is 5.41 Å². The summed E-state index contributed by atoms with van der Waals surface area (Å²) in [6, 6.07) is 0. The minimum Gasteiger partial charge on any atom is -0.0742 e. The first-order chi connectivity index (χ1) is 4.75. The van der Waals surface area contributed by atoms with Gasteiger partial charge in [-0.15, -0.1) is 0 Å². The molecule has 0 spiro atoms. The number of rotatable bonds is 4. The van der Waals surface area contributed by atoms with Crippen molar-refractivity contribution in [2.75, 3.05) is 0 Å². The van der Waals surface area contributed by atoms with Crippen LogP contribution >= 0.6 is 0 Å². The van der Waals surface area contributed by atoms with Gasteiger partial charge in [-0.25, -0.2) is 0 Å². The van der Waals surface area contributed by atoms with Crippen molar-refractivity contribution in [1.29, 1.82) is 0 Å². The van der Waals surface area contributed by atoms with Crippen LogP contribution in [0.3, 0.4) is 0 Å². The predicted molar refractivity (Wildman–Crippen MR) is 45.4 cm³/mol. The first-order valence-corrected chi connectivity index (χ1v) is 4.08. The third-order valence-corrected chi connectivity index (χ3v) is 2.42. The highest BCUT2D eigenvalue weighted by molar-refractivity contribution is 5.40. The quantitative estimate of drug-likeness (QED) is 0.521. The van der Waals surface area contributed by atoms with Gasteiger partial charge in [-0.2, -0.15) is 0 Å². The van der Waals surface area contributed by atoms with Crippen LogP contribution in [0.1, 0.15) is 33.1 Å². The minimum absolute atomic E-state index is 0.428. The summed E-state index contributed by atoms with van der Waals surface area (Å²) in [5, 5.41) is 0. The highest BCUT2D eigenvalue weighted by Gasteiger charge is 2.37. The topological polar surface area (TPSA) is 0 Å². The van der Waals surface area contributed by atoms with E-state index in [1.807, 2.05) is 0 Å². The molecule has 0 heteroatoms. The predicted octanol–water partition coefficient (Wildman–Crippen LogP) is 3.16. The number of unbranched alkanes of at least 4 members (excludes halogenated alkanes) is 1. The second-order valence-corrected chi connectivity index (χ2v) is 3.07. The molecule has 1 aliphatic carbocycles. The average Bonchev–Trinajstić information content (AvgIpc) is 2.59. The molecule has 10 heavy (non-hydrogen) atoms. The van der Waals surface area contributed by atoms with Crippen molar-refractivity contribution < 1.29 is 0 Å². The van der Waals surface area contributed by atoms with Crippen molar-refractivity contribution in [2.24, 2.45) is 5.41 Å². The standard InChI is InChI=1S/C10H16/c1-4-6-7-10(5-2)8-9(10)3/h7-8H,1,4-6H2,2-3H3. The van der Waals surface area contributed by atoms with Gasteiger partial charge in [0.25, 0.3) is 0 Å². The Bertz CT molecular complexity index is 144. The number of hydrogen-bond donors (Lipinski definition) is 0. The highest BCUT2D eigenvalue weighted by Crippen LogP contribution is 2.49. The van der Waals surface area contributed by atoms with Crippen molar-refractivity contribution in [3.05, 3.63) is 25.0 Å². The third kappa shape index (κ3) is 1.25. The first-order valence-electron chi connectivity index (χ1n) is 4.08. The van der Waals surface area contributed by atoms with Crippen LogP contribution < -0.4 is 0 Å². The zero-order chi connectivity index (χ0) is 7.61. The van der Waals surface area contributed by atoms with Gasteiger partial charge in [0.2, 0.25) is 0 Å². The number of hydrogen-bond acceptors (Lipinski definition) is 0. The molecule has 56 valence electrons. The Morgan fingerprint density at radius 2 is 2.30 bits per heavy atom. The van der Waals surface area contributed by atoms with Crippen LogP contribution in [0.25, 0.3) is 0 Å². The van der Waals surface area contributed by atoms with E-state index in [0.717, 1.165) is 12.8 Å². The Kier molecular flexibility index (Phi) is 2.18. The van der Waals surface area contributed by atoms with E-state index in [-0.39, 0.29) is 0 Å². The van der Waals surface area contributed by atoms with Crippen LogP contribution in [0.5, 0.6) is 0 Å². The number of allylic oxidation sites excluding steroid dienone is 2. The van der Waals surface area contributed by atoms with Gasteiger partial charge in [0.05, 0.1) is 0 Å². The summed E-state index contributed by atoms with van der Waals surface area (Å²) in [5.74, 6) is 0. The zero-order valence-electron chi connectivity index (χ0n) is 6.98. The molecule has 0 heterocycles. The zero-order valence-corrected chi connectivity index (χ0v) is 6.98. The molecule has 2 radical (unpaired) electrons. The van der Waals surface area contributed by atoms with E-state index in [9.17, 15) is 0 Å². The maximum Gasteiger partial charge on any atom is 0.0120 e. The molecule has 0 aromatic carbocycles. The molecule has 0 amide bonds. The van der Waals surface area contributed by atoms with Gasteiger partial charge in [0.15, 0.2) is 0 Å². The van der Waals surface area contributed by atoms with Crippen LogP contribution in [-0.4, -0.2) is 0 Å². The summed E-state index contributed by atoms with van der Waals surface area (Å²) in [6.07, 6.45) is 8.17. The molecule has 0 saturated carbocycles. The molecule has 0 aromatic rings. The van der Waals surface area contributed by atoms with Gasteiger partial charge in [-0.3, -0.25) is 0 Å². The fourth-order valence-electron chi connectivity index (χ4n) is 1.46. The van der Waals surface area contributed by atoms with E-state index in [1.54, 1.807) is 5.57 Å². The Labute approximate surface area is 64.3 Å². The van der Waals surface area contributed by atoms with Crippen LogP contribution in [-0.2, 0) is 0 Å². The lowest BCUT2D eigenvalue weighted by atomic mass is 9.91. The molecule has 0 bridgehead atoms. The molecule has 0 nitrogen and oxygen atoms in total. The minimum atomic E-state index is 0.428. The molecule has 0 N–H and O–H groups in total. The second kappa shape index (κ2) is 2.77. The molecule has 1 rings (SSSR count). The first kappa shape index (κ1) is 7.84. The van der Waals surface area contributed by atoms with Gasteiger partial charge in [0.1, 0.15) is 0 Å². The maximum atomic E-state index is 3.82. The molecule has 1 atom stereocenters. The summed E-state index contributed by atoms with van der Waals surface area (Å²) in [6.45, 7) is 8.28. The Balaban J connectivity index is 2.25. The van der Waals surface area contributed by atoms with Crippen molar-refractivity contribution in [3.63, 3.8) is 0 Å². The summed E-state index contributed by atoms with van der Waals surface area (Å²) in [4.78, 5) is 0. The fraction of sp³-hybridized carbons (Fsp3) is 0.600. The molecule has 1 unspecified atom stereocenters. The Morgan fingerprint density at radius 3 is 2.60 bits per heavy atom. The molecule has 1 aliphatic rings. The normalized spacial score (nSPS) is 30.1. The van der Waals surface area contributed by atoms with Crippen LogP contribution in [0.15, 0.2) is 11.6 Å². The maximum absolute atomic E-state index is 3.82. The van der Waals surface area contributed by atoms with E-state index in [2.05, 4.69) is 33.3 Å².